The molecule has 0 saturated carbocycles. The maximum Gasteiger partial charge on any atom is 0.228 e. The molecule has 134 valence electrons. The van der Waals surface area contributed by atoms with Crippen LogP contribution in [0.15, 0.2) is 36.5 Å². The summed E-state index contributed by atoms with van der Waals surface area (Å²) in [6, 6.07) is 7.76. The van der Waals surface area contributed by atoms with Gasteiger partial charge in [-0.2, -0.15) is 4.98 Å². The minimum atomic E-state index is -0.621. The van der Waals surface area contributed by atoms with Gasteiger partial charge in [-0.15, -0.1) is 0 Å². The number of ether oxygens (including phenoxy) is 1. The molecule has 1 unspecified atom stereocenters. The van der Waals surface area contributed by atoms with Crippen LogP contribution in [0.1, 0.15) is 18.6 Å². The molecule has 1 atom stereocenters. The smallest absolute Gasteiger partial charge is 0.228 e. The fourth-order valence-electron chi connectivity index (χ4n) is 2.88. The van der Waals surface area contributed by atoms with Gasteiger partial charge in [0.25, 0.3) is 0 Å². The van der Waals surface area contributed by atoms with Crippen LogP contribution in [-0.2, 0) is 0 Å². The summed E-state index contributed by atoms with van der Waals surface area (Å²) in [5.41, 5.74) is 0.733. The number of anilines is 1. The first-order valence-electron chi connectivity index (χ1n) is 8.52. The van der Waals surface area contributed by atoms with Crippen LogP contribution in [0.2, 0.25) is 0 Å². The number of halogens is 1. The summed E-state index contributed by atoms with van der Waals surface area (Å²) in [5.74, 6) is 0.963. The van der Waals surface area contributed by atoms with E-state index in [1.807, 2.05) is 6.92 Å². The van der Waals surface area contributed by atoms with Gasteiger partial charge in [0, 0.05) is 45.0 Å². The Morgan fingerprint density at radius 2 is 1.88 bits per heavy atom. The second kappa shape index (κ2) is 8.22. The molecule has 1 aliphatic heterocycles. The molecular formula is C18H23FN4O2. The molecule has 6 nitrogen and oxygen atoms in total. The number of β-amino-alcohol motifs (C(OH)–C–C–N with tert-alkyl or cyclic N) is 1. The van der Waals surface area contributed by atoms with Crippen LogP contribution in [-0.4, -0.2) is 59.3 Å². The van der Waals surface area contributed by atoms with Crippen LogP contribution in [0.3, 0.4) is 0 Å². The van der Waals surface area contributed by atoms with Gasteiger partial charge in [0.05, 0.1) is 12.7 Å². The monoisotopic (exact) mass is 346 g/mol. The number of rotatable bonds is 6. The van der Waals surface area contributed by atoms with Crippen LogP contribution >= 0.6 is 0 Å². The zero-order chi connectivity index (χ0) is 17.6. The predicted octanol–water partition coefficient (Wildman–Crippen LogP) is 1.87. The van der Waals surface area contributed by atoms with Crippen LogP contribution in [0.5, 0.6) is 5.88 Å². The predicted molar refractivity (Wildman–Crippen MR) is 93.2 cm³/mol. The molecule has 2 aromatic rings. The molecular weight excluding hydrogens is 323 g/mol. The van der Waals surface area contributed by atoms with E-state index in [2.05, 4.69) is 19.8 Å². The fourth-order valence-corrected chi connectivity index (χ4v) is 2.88. The molecule has 7 heteroatoms. The second-order valence-corrected chi connectivity index (χ2v) is 5.98. The molecule has 25 heavy (non-hydrogen) atoms. The SMILES string of the molecule is CCOc1ccnc(N2CCN(CC(O)c3ccc(F)cc3)CC2)n1. The van der Waals surface area contributed by atoms with Gasteiger partial charge in [0.2, 0.25) is 11.8 Å². The van der Waals surface area contributed by atoms with Crippen molar-refractivity contribution in [1.82, 2.24) is 14.9 Å². The van der Waals surface area contributed by atoms with Crippen molar-refractivity contribution in [2.45, 2.75) is 13.0 Å². The van der Waals surface area contributed by atoms with Crippen molar-refractivity contribution in [2.75, 3.05) is 44.2 Å². The summed E-state index contributed by atoms with van der Waals surface area (Å²) in [6.07, 6.45) is 1.09. The zero-order valence-corrected chi connectivity index (χ0v) is 14.3. The van der Waals surface area contributed by atoms with E-state index >= 15 is 0 Å². The van der Waals surface area contributed by atoms with Crippen molar-refractivity contribution >= 4 is 5.95 Å². The van der Waals surface area contributed by atoms with Gasteiger partial charge in [-0.05, 0) is 24.6 Å². The third-order valence-corrected chi connectivity index (χ3v) is 4.25. The van der Waals surface area contributed by atoms with Crippen molar-refractivity contribution in [3.8, 4) is 5.88 Å². The topological polar surface area (TPSA) is 61.7 Å². The van der Waals surface area contributed by atoms with Gasteiger partial charge in [-0.1, -0.05) is 12.1 Å². The number of aromatic nitrogens is 2. The lowest BCUT2D eigenvalue weighted by atomic mass is 10.1. The summed E-state index contributed by atoms with van der Waals surface area (Å²) in [5, 5.41) is 10.3. The Labute approximate surface area is 146 Å². The van der Waals surface area contributed by atoms with Crippen LogP contribution in [0.25, 0.3) is 0 Å². The Kier molecular flexibility index (Phi) is 5.78. The normalized spacial score (nSPS) is 16.7. The number of aliphatic hydroxyl groups is 1. The van der Waals surface area contributed by atoms with Gasteiger partial charge in [-0.25, -0.2) is 9.37 Å². The Hall–Kier alpha value is -2.25. The van der Waals surface area contributed by atoms with E-state index < -0.39 is 6.10 Å². The fraction of sp³-hybridized carbons (Fsp3) is 0.444. The molecule has 0 radical (unpaired) electrons. The summed E-state index contributed by atoms with van der Waals surface area (Å²) in [7, 11) is 0. The molecule has 0 amide bonds. The highest BCUT2D eigenvalue weighted by molar-refractivity contribution is 5.32. The number of nitrogens with zero attached hydrogens (tertiary/aromatic N) is 4. The molecule has 3 rings (SSSR count). The molecule has 1 aliphatic rings. The number of piperazine rings is 1. The first kappa shape index (κ1) is 17.6. The van der Waals surface area contributed by atoms with E-state index in [0.29, 0.717) is 25.0 Å². The van der Waals surface area contributed by atoms with Crippen molar-refractivity contribution in [1.29, 1.82) is 0 Å². The maximum atomic E-state index is 13.0. The van der Waals surface area contributed by atoms with Gasteiger partial charge >= 0.3 is 0 Å². The maximum absolute atomic E-state index is 13.0. The highest BCUT2D eigenvalue weighted by Gasteiger charge is 2.21. The molecule has 1 aromatic heterocycles. The lowest BCUT2D eigenvalue weighted by Gasteiger charge is -2.35. The summed E-state index contributed by atoms with van der Waals surface area (Å²) in [6.45, 7) is 6.20. The largest absolute Gasteiger partial charge is 0.478 e. The number of aliphatic hydroxyl groups excluding tert-OH is 1. The molecule has 0 spiro atoms. The molecule has 2 heterocycles. The van der Waals surface area contributed by atoms with E-state index in [1.54, 1.807) is 24.4 Å². The van der Waals surface area contributed by atoms with Crippen molar-refractivity contribution in [3.05, 3.63) is 47.9 Å². The minimum Gasteiger partial charge on any atom is -0.478 e. The lowest BCUT2D eigenvalue weighted by Crippen LogP contribution is -2.48. The van der Waals surface area contributed by atoms with Crippen molar-refractivity contribution < 1.29 is 14.2 Å². The van der Waals surface area contributed by atoms with Gasteiger partial charge < -0.3 is 14.7 Å². The first-order valence-corrected chi connectivity index (χ1v) is 8.52. The average molecular weight is 346 g/mol. The molecule has 1 N–H and O–H groups in total. The molecule has 1 aromatic carbocycles. The van der Waals surface area contributed by atoms with Gasteiger partial charge in [0.1, 0.15) is 5.82 Å². The third kappa shape index (κ3) is 4.64. The van der Waals surface area contributed by atoms with Crippen LogP contribution < -0.4 is 9.64 Å². The van der Waals surface area contributed by atoms with Gasteiger partial charge in [0.15, 0.2) is 0 Å². The lowest BCUT2D eigenvalue weighted by molar-refractivity contribution is 0.109. The highest BCUT2D eigenvalue weighted by atomic mass is 19.1. The Balaban J connectivity index is 1.53. The second-order valence-electron chi connectivity index (χ2n) is 5.98. The van der Waals surface area contributed by atoms with E-state index in [9.17, 15) is 9.50 Å². The number of hydrogen-bond donors (Lipinski definition) is 1. The Morgan fingerprint density at radius 1 is 1.16 bits per heavy atom. The Morgan fingerprint density at radius 3 is 2.56 bits per heavy atom. The van der Waals surface area contributed by atoms with Crippen molar-refractivity contribution in [2.24, 2.45) is 0 Å². The number of benzene rings is 1. The first-order chi connectivity index (χ1) is 12.2. The minimum absolute atomic E-state index is 0.293. The Bertz CT molecular complexity index is 675. The van der Waals surface area contributed by atoms with Crippen LogP contribution in [0, 0.1) is 5.82 Å². The van der Waals surface area contributed by atoms with E-state index in [4.69, 9.17) is 4.74 Å². The highest BCUT2D eigenvalue weighted by Crippen LogP contribution is 2.18. The average Bonchev–Trinajstić information content (AvgIpc) is 2.63. The molecule has 0 aliphatic carbocycles. The van der Waals surface area contributed by atoms with E-state index in [-0.39, 0.29) is 5.82 Å². The third-order valence-electron chi connectivity index (χ3n) is 4.25. The molecule has 1 saturated heterocycles. The molecule has 0 bridgehead atoms. The summed E-state index contributed by atoms with van der Waals surface area (Å²) in [4.78, 5) is 13.0. The van der Waals surface area contributed by atoms with E-state index in [0.717, 1.165) is 31.7 Å². The zero-order valence-electron chi connectivity index (χ0n) is 14.3. The van der Waals surface area contributed by atoms with Crippen LogP contribution in [0.4, 0.5) is 10.3 Å². The summed E-state index contributed by atoms with van der Waals surface area (Å²) >= 11 is 0. The molecule has 1 fully saturated rings. The quantitative estimate of drug-likeness (QED) is 0.862. The summed E-state index contributed by atoms with van der Waals surface area (Å²) < 4.78 is 18.4. The number of hydrogen-bond acceptors (Lipinski definition) is 6. The standard InChI is InChI=1S/C18H23FN4O2/c1-2-25-17-7-8-20-18(21-17)23-11-9-22(10-12-23)13-16(24)14-3-5-15(19)6-4-14/h3-8,16,24H,2,9-13H2,1H3. The van der Waals surface area contributed by atoms with E-state index in [1.165, 1.54) is 12.1 Å². The van der Waals surface area contributed by atoms with Gasteiger partial charge in [-0.3, -0.25) is 4.90 Å². The van der Waals surface area contributed by atoms with Crippen molar-refractivity contribution in [3.63, 3.8) is 0 Å².